The number of amides is 1. The third-order valence-corrected chi connectivity index (χ3v) is 5.45. The summed E-state index contributed by atoms with van der Waals surface area (Å²) in [6.07, 6.45) is 3.08. The smallest absolute Gasteiger partial charge is 0.262 e. The number of aromatic nitrogens is 2. The molecule has 8 heteroatoms. The first kappa shape index (κ1) is 20.2. The van der Waals surface area contributed by atoms with Crippen molar-refractivity contribution in [3.05, 3.63) is 81.1 Å². The second kappa shape index (κ2) is 8.34. The van der Waals surface area contributed by atoms with Crippen molar-refractivity contribution in [2.75, 3.05) is 11.9 Å². The lowest BCUT2D eigenvalue weighted by Gasteiger charge is -2.17. The van der Waals surface area contributed by atoms with E-state index >= 15 is 0 Å². The molecule has 2 heterocycles. The maximum Gasteiger partial charge on any atom is 0.262 e. The Morgan fingerprint density at radius 1 is 1.27 bits per heavy atom. The predicted molar refractivity (Wildman–Crippen MR) is 116 cm³/mol. The van der Waals surface area contributed by atoms with E-state index < -0.39 is 0 Å². The summed E-state index contributed by atoms with van der Waals surface area (Å²) in [4.78, 5) is 24.1. The Morgan fingerprint density at radius 3 is 2.87 bits per heavy atom. The van der Waals surface area contributed by atoms with Gasteiger partial charge >= 0.3 is 0 Å². The molecule has 0 fully saturated rings. The van der Waals surface area contributed by atoms with Crippen LogP contribution in [0.3, 0.4) is 0 Å². The molecule has 0 bridgehead atoms. The van der Waals surface area contributed by atoms with Gasteiger partial charge in [0.15, 0.2) is 12.4 Å². The molecule has 3 aromatic rings. The van der Waals surface area contributed by atoms with E-state index in [1.54, 1.807) is 29.0 Å². The Labute approximate surface area is 183 Å². The van der Waals surface area contributed by atoms with Crippen molar-refractivity contribution >= 4 is 46.7 Å². The highest BCUT2D eigenvalue weighted by Gasteiger charge is 2.18. The SMILES string of the molecule is Cc1nn(Cc2ccccc2Cl)c(Cl)c1/C=C/C(=O)c1ccc2c(c1)NC(=O)CO2. The summed E-state index contributed by atoms with van der Waals surface area (Å²) >= 11 is 12.7. The number of hydrogen-bond acceptors (Lipinski definition) is 4. The number of rotatable bonds is 5. The summed E-state index contributed by atoms with van der Waals surface area (Å²) in [5.41, 5.74) is 3.16. The van der Waals surface area contributed by atoms with E-state index in [9.17, 15) is 9.59 Å². The fraction of sp³-hybridized carbons (Fsp3) is 0.136. The van der Waals surface area contributed by atoms with Crippen LogP contribution in [0.1, 0.15) is 27.2 Å². The molecule has 0 saturated heterocycles. The van der Waals surface area contributed by atoms with Crippen LogP contribution in [0.4, 0.5) is 5.69 Å². The Balaban J connectivity index is 1.55. The molecule has 2 aromatic carbocycles. The lowest BCUT2D eigenvalue weighted by atomic mass is 10.1. The van der Waals surface area contributed by atoms with Crippen LogP contribution in [-0.4, -0.2) is 28.1 Å². The first-order valence-corrected chi connectivity index (χ1v) is 9.93. The van der Waals surface area contributed by atoms with Gasteiger partial charge in [0.2, 0.25) is 0 Å². The van der Waals surface area contributed by atoms with Gasteiger partial charge in [0.1, 0.15) is 10.9 Å². The number of ether oxygens (including phenoxy) is 1. The van der Waals surface area contributed by atoms with Gasteiger partial charge in [-0.3, -0.25) is 9.59 Å². The number of aryl methyl sites for hydroxylation is 1. The van der Waals surface area contributed by atoms with E-state index in [1.807, 2.05) is 31.2 Å². The topological polar surface area (TPSA) is 73.2 Å². The molecule has 1 amide bonds. The summed E-state index contributed by atoms with van der Waals surface area (Å²) in [7, 11) is 0. The third-order valence-electron chi connectivity index (χ3n) is 4.69. The quantitative estimate of drug-likeness (QED) is 0.456. The van der Waals surface area contributed by atoms with Crippen molar-refractivity contribution < 1.29 is 14.3 Å². The minimum Gasteiger partial charge on any atom is -0.482 e. The van der Waals surface area contributed by atoms with Gasteiger partial charge in [0.05, 0.1) is 17.9 Å². The third kappa shape index (κ3) is 4.10. The van der Waals surface area contributed by atoms with E-state index in [0.717, 1.165) is 5.56 Å². The highest BCUT2D eigenvalue weighted by molar-refractivity contribution is 6.32. The molecule has 1 aromatic heterocycles. The number of halogens is 2. The van der Waals surface area contributed by atoms with Gasteiger partial charge in [-0.05, 0) is 48.9 Å². The van der Waals surface area contributed by atoms with Crippen LogP contribution in [0.5, 0.6) is 5.75 Å². The Bertz CT molecular complexity index is 1180. The Kier molecular flexibility index (Phi) is 5.61. The average Bonchev–Trinajstić information content (AvgIpc) is 3.00. The number of anilines is 1. The molecule has 0 radical (unpaired) electrons. The number of allylic oxidation sites excluding steroid dienone is 1. The number of benzene rings is 2. The second-order valence-electron chi connectivity index (χ2n) is 6.78. The predicted octanol–water partition coefficient (Wildman–Crippen LogP) is 4.77. The number of hydrogen-bond donors (Lipinski definition) is 1. The average molecular weight is 442 g/mol. The van der Waals surface area contributed by atoms with Crippen molar-refractivity contribution in [1.29, 1.82) is 0 Å². The first-order chi connectivity index (χ1) is 14.4. The van der Waals surface area contributed by atoms with E-state index in [4.69, 9.17) is 27.9 Å². The molecular formula is C22H17Cl2N3O3. The maximum atomic E-state index is 12.6. The molecule has 30 heavy (non-hydrogen) atoms. The van der Waals surface area contributed by atoms with Gasteiger partial charge in [-0.1, -0.05) is 41.4 Å². The standard InChI is InChI=1S/C22H17Cl2N3O3/c1-13-16(22(24)27(26-13)11-15-4-2-3-5-17(15)23)7-8-19(28)14-6-9-20-18(10-14)25-21(29)12-30-20/h2-10H,11-12H2,1H3,(H,25,29)/b8-7+. The molecule has 1 N–H and O–H groups in total. The van der Waals surface area contributed by atoms with Crippen LogP contribution >= 0.6 is 23.2 Å². The molecule has 1 aliphatic rings. The number of nitrogens with zero attached hydrogens (tertiary/aromatic N) is 2. The van der Waals surface area contributed by atoms with E-state index in [1.165, 1.54) is 6.08 Å². The van der Waals surface area contributed by atoms with Crippen LogP contribution in [-0.2, 0) is 11.3 Å². The largest absolute Gasteiger partial charge is 0.482 e. The minimum atomic E-state index is -0.254. The fourth-order valence-electron chi connectivity index (χ4n) is 3.14. The van der Waals surface area contributed by atoms with Gasteiger partial charge in [0.25, 0.3) is 5.91 Å². The van der Waals surface area contributed by atoms with Gasteiger partial charge in [0, 0.05) is 16.1 Å². The van der Waals surface area contributed by atoms with Gasteiger partial charge in [-0.25, -0.2) is 4.68 Å². The summed E-state index contributed by atoms with van der Waals surface area (Å²) in [5, 5.41) is 8.21. The van der Waals surface area contributed by atoms with Crippen molar-refractivity contribution in [2.45, 2.75) is 13.5 Å². The molecule has 6 nitrogen and oxygen atoms in total. The lowest BCUT2D eigenvalue weighted by molar-refractivity contribution is -0.118. The van der Waals surface area contributed by atoms with Crippen LogP contribution < -0.4 is 10.1 Å². The number of ketones is 1. The zero-order chi connectivity index (χ0) is 21.3. The van der Waals surface area contributed by atoms with E-state index in [2.05, 4.69) is 10.4 Å². The van der Waals surface area contributed by atoms with Crippen molar-refractivity contribution in [2.24, 2.45) is 0 Å². The summed E-state index contributed by atoms with van der Waals surface area (Å²) in [6, 6.07) is 12.4. The second-order valence-corrected chi connectivity index (χ2v) is 7.55. The Morgan fingerprint density at radius 2 is 2.07 bits per heavy atom. The lowest BCUT2D eigenvalue weighted by Crippen LogP contribution is -2.25. The maximum absolute atomic E-state index is 12.6. The van der Waals surface area contributed by atoms with Crippen LogP contribution in [0.2, 0.25) is 10.2 Å². The highest BCUT2D eigenvalue weighted by atomic mass is 35.5. The van der Waals surface area contributed by atoms with Crippen molar-refractivity contribution in [3.8, 4) is 5.75 Å². The number of nitrogens with one attached hydrogen (secondary N) is 1. The zero-order valence-corrected chi connectivity index (χ0v) is 17.5. The zero-order valence-electron chi connectivity index (χ0n) is 16.0. The summed E-state index contributed by atoms with van der Waals surface area (Å²) in [6.45, 7) is 2.21. The van der Waals surface area contributed by atoms with Crippen molar-refractivity contribution in [1.82, 2.24) is 9.78 Å². The van der Waals surface area contributed by atoms with Crippen LogP contribution in [0, 0.1) is 6.92 Å². The summed E-state index contributed by atoms with van der Waals surface area (Å²) in [5.74, 6) is 0.0535. The fourth-order valence-corrected chi connectivity index (χ4v) is 3.63. The molecule has 152 valence electrons. The number of carbonyl (C=O) groups is 2. The van der Waals surface area contributed by atoms with Gasteiger partial charge in [-0.15, -0.1) is 0 Å². The molecule has 0 aliphatic carbocycles. The van der Waals surface area contributed by atoms with Crippen LogP contribution in [0.15, 0.2) is 48.5 Å². The first-order valence-electron chi connectivity index (χ1n) is 9.18. The summed E-state index contributed by atoms with van der Waals surface area (Å²) < 4.78 is 6.96. The molecule has 1 aliphatic heterocycles. The monoisotopic (exact) mass is 441 g/mol. The molecule has 4 rings (SSSR count). The normalized spacial score (nSPS) is 13.1. The van der Waals surface area contributed by atoms with Crippen LogP contribution in [0.25, 0.3) is 6.08 Å². The molecular weight excluding hydrogens is 425 g/mol. The van der Waals surface area contributed by atoms with Gasteiger partial charge in [-0.2, -0.15) is 5.10 Å². The molecule has 0 spiro atoms. The van der Waals surface area contributed by atoms with Gasteiger partial charge < -0.3 is 10.1 Å². The minimum absolute atomic E-state index is 0.0316. The van der Waals surface area contributed by atoms with E-state index in [0.29, 0.717) is 45.0 Å². The molecule has 0 unspecified atom stereocenters. The Hall–Kier alpha value is -3.09. The number of carbonyl (C=O) groups excluding carboxylic acids is 2. The highest BCUT2D eigenvalue weighted by Crippen LogP contribution is 2.29. The van der Waals surface area contributed by atoms with E-state index in [-0.39, 0.29) is 18.3 Å². The van der Waals surface area contributed by atoms with Crippen molar-refractivity contribution in [3.63, 3.8) is 0 Å². The molecule has 0 saturated carbocycles. The molecule has 0 atom stereocenters. The number of fused-ring (bicyclic) bond motifs is 1.